The molecule has 0 spiro atoms. The van der Waals surface area contributed by atoms with Crippen LogP contribution in [0, 0.1) is 0 Å². The first-order valence-electron chi connectivity index (χ1n) is 5.44. The number of hydrazine groups is 1. The Hall–Kier alpha value is -1.92. The van der Waals surface area contributed by atoms with Gasteiger partial charge in [-0.15, -0.1) is 5.12 Å². The molecule has 6 heteroatoms. The largest absolute Gasteiger partial charge is 0.437 e. The standard InChI is InChI=1S/C11H13N5O/c1-12-7-15-8-13-14-16(15)11-6-9-4-2-3-5-10(9)17-11/h2-6,12H,7-8H2,1H3. The number of rotatable bonds is 3. The minimum absolute atomic E-state index is 0.540. The molecule has 0 fully saturated rings. The average molecular weight is 231 g/mol. The van der Waals surface area contributed by atoms with E-state index in [9.17, 15) is 0 Å². The maximum absolute atomic E-state index is 5.73. The molecule has 1 aromatic heterocycles. The Bertz CT molecular complexity index is 517. The minimum atomic E-state index is 0.540. The Balaban J connectivity index is 1.94. The Kier molecular flexibility index (Phi) is 2.50. The van der Waals surface area contributed by atoms with Crippen LogP contribution in [0.25, 0.3) is 11.0 Å². The molecule has 3 rings (SSSR count). The topological polar surface area (TPSA) is 56.4 Å². The third-order valence-electron chi connectivity index (χ3n) is 2.59. The van der Waals surface area contributed by atoms with Gasteiger partial charge in [0.05, 0.1) is 6.67 Å². The molecule has 2 aromatic rings. The van der Waals surface area contributed by atoms with E-state index < -0.39 is 0 Å². The van der Waals surface area contributed by atoms with E-state index in [1.165, 1.54) is 0 Å². The molecule has 6 nitrogen and oxygen atoms in total. The molecule has 1 N–H and O–H groups in total. The van der Waals surface area contributed by atoms with Crippen molar-refractivity contribution in [3.63, 3.8) is 0 Å². The second-order valence-corrected chi connectivity index (χ2v) is 3.80. The van der Waals surface area contributed by atoms with Gasteiger partial charge in [-0.1, -0.05) is 23.4 Å². The van der Waals surface area contributed by atoms with Crippen molar-refractivity contribution in [2.75, 3.05) is 25.5 Å². The summed E-state index contributed by atoms with van der Waals surface area (Å²) in [6.45, 7) is 1.21. The maximum atomic E-state index is 5.73. The zero-order chi connectivity index (χ0) is 11.7. The van der Waals surface area contributed by atoms with E-state index in [0.29, 0.717) is 19.2 Å². The van der Waals surface area contributed by atoms with Gasteiger partial charge < -0.3 is 9.73 Å². The van der Waals surface area contributed by atoms with Gasteiger partial charge >= 0.3 is 0 Å². The highest BCUT2D eigenvalue weighted by molar-refractivity contribution is 5.80. The number of fused-ring (bicyclic) bond motifs is 1. The summed E-state index contributed by atoms with van der Waals surface area (Å²) in [5, 5.41) is 15.8. The molecule has 1 aliphatic rings. The van der Waals surface area contributed by atoms with Gasteiger partial charge in [-0.05, 0) is 13.1 Å². The van der Waals surface area contributed by atoms with Gasteiger partial charge in [0.2, 0.25) is 5.88 Å². The van der Waals surface area contributed by atoms with Crippen LogP contribution in [0.4, 0.5) is 5.88 Å². The van der Waals surface area contributed by atoms with Crippen LogP contribution in [0.15, 0.2) is 45.1 Å². The van der Waals surface area contributed by atoms with Crippen LogP contribution in [0.2, 0.25) is 0 Å². The highest BCUT2D eigenvalue weighted by atomic mass is 16.4. The number of para-hydroxylation sites is 1. The molecule has 0 radical (unpaired) electrons. The van der Waals surface area contributed by atoms with Crippen molar-refractivity contribution >= 4 is 16.9 Å². The van der Waals surface area contributed by atoms with Crippen LogP contribution in [-0.2, 0) is 0 Å². The van der Waals surface area contributed by atoms with E-state index in [2.05, 4.69) is 15.7 Å². The molecule has 88 valence electrons. The van der Waals surface area contributed by atoms with E-state index in [-0.39, 0.29) is 0 Å². The van der Waals surface area contributed by atoms with Gasteiger partial charge in [-0.25, -0.2) is 0 Å². The first-order valence-corrected chi connectivity index (χ1v) is 5.44. The van der Waals surface area contributed by atoms with E-state index >= 15 is 0 Å². The average Bonchev–Trinajstić information content (AvgIpc) is 2.94. The molecule has 0 saturated carbocycles. The third-order valence-corrected chi connectivity index (χ3v) is 2.59. The Morgan fingerprint density at radius 2 is 2.29 bits per heavy atom. The van der Waals surface area contributed by atoms with Crippen LogP contribution in [0.5, 0.6) is 0 Å². The van der Waals surface area contributed by atoms with Gasteiger partial charge in [-0.3, -0.25) is 0 Å². The van der Waals surface area contributed by atoms with Gasteiger partial charge in [0, 0.05) is 11.5 Å². The second kappa shape index (κ2) is 4.15. The van der Waals surface area contributed by atoms with Gasteiger partial charge in [0.25, 0.3) is 0 Å². The Morgan fingerprint density at radius 1 is 1.41 bits per heavy atom. The van der Waals surface area contributed by atoms with Crippen molar-refractivity contribution in [2.24, 2.45) is 10.3 Å². The molecule has 0 atom stereocenters. The molecular formula is C11H13N5O. The van der Waals surface area contributed by atoms with Crippen molar-refractivity contribution < 1.29 is 4.42 Å². The van der Waals surface area contributed by atoms with Gasteiger partial charge in [-0.2, -0.15) is 10.1 Å². The number of benzene rings is 1. The monoisotopic (exact) mass is 231 g/mol. The smallest absolute Gasteiger partial charge is 0.234 e. The molecule has 0 saturated heterocycles. The number of nitrogens with zero attached hydrogens (tertiary/aromatic N) is 4. The van der Waals surface area contributed by atoms with E-state index in [1.54, 1.807) is 5.12 Å². The van der Waals surface area contributed by atoms with Crippen molar-refractivity contribution in [1.82, 2.24) is 10.3 Å². The fourth-order valence-corrected chi connectivity index (χ4v) is 1.83. The van der Waals surface area contributed by atoms with Crippen LogP contribution >= 0.6 is 0 Å². The van der Waals surface area contributed by atoms with Crippen molar-refractivity contribution in [2.45, 2.75) is 0 Å². The fraction of sp³-hybridized carbons (Fsp3) is 0.273. The van der Waals surface area contributed by atoms with E-state index in [4.69, 9.17) is 4.42 Å². The summed E-state index contributed by atoms with van der Waals surface area (Å²) < 4.78 is 5.73. The summed E-state index contributed by atoms with van der Waals surface area (Å²) in [6, 6.07) is 9.85. The lowest BCUT2D eigenvalue weighted by Gasteiger charge is -2.21. The Morgan fingerprint density at radius 3 is 3.12 bits per heavy atom. The third kappa shape index (κ3) is 1.77. The SMILES string of the molecule is CNCN1CN=NN1c1cc2ccccc2o1. The molecule has 0 unspecified atom stereocenters. The summed E-state index contributed by atoms with van der Waals surface area (Å²) in [5.41, 5.74) is 0.856. The highest BCUT2D eigenvalue weighted by Gasteiger charge is 2.23. The van der Waals surface area contributed by atoms with E-state index in [0.717, 1.165) is 11.0 Å². The molecule has 0 aliphatic carbocycles. The molecular weight excluding hydrogens is 218 g/mol. The zero-order valence-corrected chi connectivity index (χ0v) is 9.50. The first kappa shape index (κ1) is 10.2. The molecule has 2 heterocycles. The van der Waals surface area contributed by atoms with Crippen LogP contribution in [0.1, 0.15) is 0 Å². The highest BCUT2D eigenvalue weighted by Crippen LogP contribution is 2.28. The van der Waals surface area contributed by atoms with Gasteiger partial charge in [0.15, 0.2) is 0 Å². The number of hydrogen-bond donors (Lipinski definition) is 1. The summed E-state index contributed by atoms with van der Waals surface area (Å²) in [4.78, 5) is 0. The normalized spacial score (nSPS) is 16.2. The van der Waals surface area contributed by atoms with Crippen LogP contribution in [0.3, 0.4) is 0 Å². The number of furan rings is 1. The summed E-state index contributed by atoms with van der Waals surface area (Å²) in [6.07, 6.45) is 0. The number of nitrogens with one attached hydrogen (secondary N) is 1. The quantitative estimate of drug-likeness (QED) is 0.877. The number of anilines is 1. The molecule has 1 aliphatic heterocycles. The van der Waals surface area contributed by atoms with Crippen molar-refractivity contribution in [1.29, 1.82) is 0 Å². The molecule has 0 bridgehead atoms. The number of hydrogen-bond acceptors (Lipinski definition) is 6. The van der Waals surface area contributed by atoms with Crippen LogP contribution < -0.4 is 10.4 Å². The fourth-order valence-electron chi connectivity index (χ4n) is 1.83. The lowest BCUT2D eigenvalue weighted by atomic mass is 10.3. The summed E-state index contributed by atoms with van der Waals surface area (Å²) >= 11 is 0. The predicted octanol–water partition coefficient (Wildman–Crippen LogP) is 1.97. The van der Waals surface area contributed by atoms with Crippen LogP contribution in [-0.4, -0.2) is 25.4 Å². The Labute approximate surface area is 98.5 Å². The second-order valence-electron chi connectivity index (χ2n) is 3.80. The van der Waals surface area contributed by atoms with Crippen molar-refractivity contribution in [3.8, 4) is 0 Å². The lowest BCUT2D eigenvalue weighted by Crippen LogP contribution is -2.40. The van der Waals surface area contributed by atoms with E-state index in [1.807, 2.05) is 42.4 Å². The van der Waals surface area contributed by atoms with Gasteiger partial charge in [0.1, 0.15) is 12.3 Å². The molecule has 17 heavy (non-hydrogen) atoms. The minimum Gasteiger partial charge on any atom is -0.437 e. The summed E-state index contributed by atoms with van der Waals surface area (Å²) in [7, 11) is 1.88. The predicted molar refractivity (Wildman–Crippen MR) is 64.2 cm³/mol. The zero-order valence-electron chi connectivity index (χ0n) is 9.50. The lowest BCUT2D eigenvalue weighted by molar-refractivity contribution is 0.268. The first-order chi connectivity index (χ1) is 8.38. The molecule has 0 amide bonds. The maximum Gasteiger partial charge on any atom is 0.234 e. The molecule has 1 aromatic carbocycles. The summed E-state index contributed by atoms with van der Waals surface area (Å²) in [5.74, 6) is 0.683. The van der Waals surface area contributed by atoms with Crippen molar-refractivity contribution in [3.05, 3.63) is 30.3 Å².